The predicted octanol–water partition coefficient (Wildman–Crippen LogP) is 0.757. The van der Waals surface area contributed by atoms with Crippen molar-refractivity contribution >= 4 is 15.7 Å². The number of nitrogen functional groups attached to an aromatic ring is 1. The fourth-order valence-electron chi connectivity index (χ4n) is 1.62. The topological polar surface area (TPSA) is 94.3 Å². The highest BCUT2D eigenvalue weighted by Gasteiger charge is 2.21. The quantitative estimate of drug-likeness (QED) is 0.764. The molecule has 0 aliphatic heterocycles. The second-order valence-corrected chi connectivity index (χ2v) is 5.66. The predicted molar refractivity (Wildman–Crippen MR) is 69.5 cm³/mol. The van der Waals surface area contributed by atoms with Crippen LogP contribution in [0.15, 0.2) is 23.4 Å². The lowest BCUT2D eigenvalue weighted by molar-refractivity contribution is 0.171. The Hall–Kier alpha value is -1.18. The molecule has 0 amide bonds. The van der Waals surface area contributed by atoms with Crippen LogP contribution in [0.3, 0.4) is 0 Å². The Bertz CT molecular complexity index is 470. The number of nitrogens with one attached hydrogen (secondary N) is 1. The summed E-state index contributed by atoms with van der Waals surface area (Å²) in [5.41, 5.74) is 5.83. The van der Waals surface area contributed by atoms with E-state index in [1.54, 1.807) is 0 Å². The Labute approximate surface area is 108 Å². The largest absolute Gasteiger partial charge is 0.398 e. The standard InChI is InChI=1S/C11H19N3O3S/c1-3-4-9(8-17-2)14-18(15,16)11-7-13-6-5-10(11)12/h5-7,9,14H,3-4,8H2,1-2H3,(H2,12,13). The van der Waals surface area contributed by atoms with Crippen LogP contribution < -0.4 is 10.5 Å². The molecule has 1 aromatic rings. The van der Waals surface area contributed by atoms with Crippen LogP contribution in [-0.4, -0.2) is 33.2 Å². The highest BCUT2D eigenvalue weighted by atomic mass is 32.2. The number of aromatic nitrogens is 1. The molecule has 1 atom stereocenters. The molecule has 3 N–H and O–H groups in total. The summed E-state index contributed by atoms with van der Waals surface area (Å²) in [6, 6.07) is 1.20. The highest BCUT2D eigenvalue weighted by molar-refractivity contribution is 7.89. The molecule has 102 valence electrons. The third-order valence-electron chi connectivity index (χ3n) is 2.43. The SMILES string of the molecule is CCCC(COC)NS(=O)(=O)c1cnccc1N. The fraction of sp³-hybridized carbons (Fsp3) is 0.545. The number of methoxy groups -OCH3 is 1. The monoisotopic (exact) mass is 273 g/mol. The van der Waals surface area contributed by atoms with E-state index in [1.165, 1.54) is 25.6 Å². The van der Waals surface area contributed by atoms with Gasteiger partial charge in [-0.3, -0.25) is 4.98 Å². The van der Waals surface area contributed by atoms with Crippen molar-refractivity contribution in [3.8, 4) is 0 Å². The normalized spacial score (nSPS) is 13.4. The molecular weight excluding hydrogens is 254 g/mol. The van der Waals surface area contributed by atoms with Crippen LogP contribution in [0.25, 0.3) is 0 Å². The first-order valence-electron chi connectivity index (χ1n) is 5.72. The maximum atomic E-state index is 12.1. The van der Waals surface area contributed by atoms with Crippen LogP contribution in [0.4, 0.5) is 5.69 Å². The van der Waals surface area contributed by atoms with E-state index in [2.05, 4.69) is 9.71 Å². The third kappa shape index (κ3) is 3.94. The van der Waals surface area contributed by atoms with Crippen LogP contribution in [0, 0.1) is 0 Å². The number of rotatable bonds is 7. The second kappa shape index (κ2) is 6.67. The molecule has 6 nitrogen and oxygen atoms in total. The molecular formula is C11H19N3O3S. The van der Waals surface area contributed by atoms with Gasteiger partial charge in [0.1, 0.15) is 4.90 Å². The van der Waals surface area contributed by atoms with Crippen molar-refractivity contribution in [1.29, 1.82) is 0 Å². The summed E-state index contributed by atoms with van der Waals surface area (Å²) in [6.45, 7) is 2.31. The van der Waals surface area contributed by atoms with Crippen molar-refractivity contribution < 1.29 is 13.2 Å². The van der Waals surface area contributed by atoms with Gasteiger partial charge in [0.05, 0.1) is 12.3 Å². The lowest BCUT2D eigenvalue weighted by Gasteiger charge is -2.17. The Morgan fingerprint density at radius 3 is 2.83 bits per heavy atom. The Balaban J connectivity index is 2.90. The molecule has 1 rings (SSSR count). The number of hydrogen-bond acceptors (Lipinski definition) is 5. The first-order valence-corrected chi connectivity index (χ1v) is 7.20. The smallest absolute Gasteiger partial charge is 0.244 e. The molecule has 7 heteroatoms. The third-order valence-corrected chi connectivity index (χ3v) is 4.00. The number of nitrogens with zero attached hydrogens (tertiary/aromatic N) is 1. The zero-order valence-corrected chi connectivity index (χ0v) is 11.4. The number of pyridine rings is 1. The number of hydrogen-bond donors (Lipinski definition) is 2. The van der Waals surface area contributed by atoms with Crippen molar-refractivity contribution in [3.05, 3.63) is 18.5 Å². The van der Waals surface area contributed by atoms with E-state index in [9.17, 15) is 8.42 Å². The van der Waals surface area contributed by atoms with Crippen molar-refractivity contribution in [2.45, 2.75) is 30.7 Å². The van der Waals surface area contributed by atoms with Gasteiger partial charge in [0.2, 0.25) is 10.0 Å². The van der Waals surface area contributed by atoms with Crippen molar-refractivity contribution in [2.24, 2.45) is 0 Å². The number of sulfonamides is 1. The van der Waals surface area contributed by atoms with E-state index in [0.717, 1.165) is 6.42 Å². The first kappa shape index (κ1) is 14.9. The van der Waals surface area contributed by atoms with E-state index < -0.39 is 10.0 Å². The molecule has 1 unspecified atom stereocenters. The van der Waals surface area contributed by atoms with Gasteiger partial charge in [0, 0.05) is 25.5 Å². The van der Waals surface area contributed by atoms with Crippen LogP contribution in [-0.2, 0) is 14.8 Å². The maximum Gasteiger partial charge on any atom is 0.244 e. The Morgan fingerprint density at radius 2 is 2.28 bits per heavy atom. The average molecular weight is 273 g/mol. The van der Waals surface area contributed by atoms with Crippen LogP contribution in [0.5, 0.6) is 0 Å². The summed E-state index contributed by atoms with van der Waals surface area (Å²) >= 11 is 0. The summed E-state index contributed by atoms with van der Waals surface area (Å²) in [6.07, 6.45) is 4.26. The highest BCUT2D eigenvalue weighted by Crippen LogP contribution is 2.16. The van der Waals surface area contributed by atoms with Gasteiger partial charge in [-0.15, -0.1) is 0 Å². The number of ether oxygens (including phenoxy) is 1. The second-order valence-electron chi connectivity index (χ2n) is 3.98. The molecule has 1 heterocycles. The number of nitrogens with two attached hydrogens (primary N) is 1. The van der Waals surface area contributed by atoms with Gasteiger partial charge >= 0.3 is 0 Å². The Kier molecular flexibility index (Phi) is 5.52. The molecule has 0 aromatic carbocycles. The van der Waals surface area contributed by atoms with E-state index in [1.807, 2.05) is 6.92 Å². The molecule has 0 spiro atoms. The molecule has 1 aromatic heterocycles. The summed E-state index contributed by atoms with van der Waals surface area (Å²) in [5, 5.41) is 0. The average Bonchev–Trinajstić information content (AvgIpc) is 2.29. The van der Waals surface area contributed by atoms with Gasteiger partial charge in [-0.25, -0.2) is 13.1 Å². The summed E-state index contributed by atoms with van der Waals surface area (Å²) in [7, 11) is -2.11. The van der Waals surface area contributed by atoms with Crippen LogP contribution >= 0.6 is 0 Å². The molecule has 0 saturated heterocycles. The minimum Gasteiger partial charge on any atom is -0.398 e. The Morgan fingerprint density at radius 1 is 1.56 bits per heavy atom. The lowest BCUT2D eigenvalue weighted by Crippen LogP contribution is -2.38. The molecule has 0 fully saturated rings. The zero-order chi connectivity index (χ0) is 13.6. The molecule has 0 aliphatic rings. The van der Waals surface area contributed by atoms with Gasteiger partial charge in [-0.2, -0.15) is 0 Å². The summed E-state index contributed by atoms with van der Waals surface area (Å²) in [4.78, 5) is 3.78. The van der Waals surface area contributed by atoms with Crippen LogP contribution in [0.1, 0.15) is 19.8 Å². The lowest BCUT2D eigenvalue weighted by atomic mass is 10.2. The van der Waals surface area contributed by atoms with Gasteiger partial charge in [-0.05, 0) is 12.5 Å². The molecule has 0 radical (unpaired) electrons. The maximum absolute atomic E-state index is 12.1. The van der Waals surface area contributed by atoms with Crippen LogP contribution in [0.2, 0.25) is 0 Å². The van der Waals surface area contributed by atoms with E-state index in [4.69, 9.17) is 10.5 Å². The van der Waals surface area contributed by atoms with Crippen molar-refractivity contribution in [1.82, 2.24) is 9.71 Å². The van der Waals surface area contributed by atoms with Crippen molar-refractivity contribution in [3.63, 3.8) is 0 Å². The zero-order valence-electron chi connectivity index (χ0n) is 10.6. The minimum absolute atomic E-state index is 0.00204. The van der Waals surface area contributed by atoms with Gasteiger partial charge < -0.3 is 10.5 Å². The first-order chi connectivity index (χ1) is 8.51. The van der Waals surface area contributed by atoms with E-state index in [0.29, 0.717) is 13.0 Å². The summed E-state index contributed by atoms with van der Waals surface area (Å²) < 4.78 is 31.8. The molecule has 18 heavy (non-hydrogen) atoms. The van der Waals surface area contributed by atoms with Gasteiger partial charge in [0.25, 0.3) is 0 Å². The fourth-order valence-corrected chi connectivity index (χ4v) is 2.95. The molecule has 0 bridgehead atoms. The summed E-state index contributed by atoms with van der Waals surface area (Å²) in [5.74, 6) is 0. The van der Waals surface area contributed by atoms with Crippen molar-refractivity contribution in [2.75, 3.05) is 19.5 Å². The van der Waals surface area contributed by atoms with E-state index in [-0.39, 0.29) is 16.6 Å². The number of anilines is 1. The van der Waals surface area contributed by atoms with E-state index >= 15 is 0 Å². The van der Waals surface area contributed by atoms with Gasteiger partial charge in [0.15, 0.2) is 0 Å². The molecule has 0 aliphatic carbocycles. The minimum atomic E-state index is -3.65. The van der Waals surface area contributed by atoms with Gasteiger partial charge in [-0.1, -0.05) is 13.3 Å². The molecule has 0 saturated carbocycles.